The van der Waals surface area contributed by atoms with Crippen molar-refractivity contribution in [1.29, 1.82) is 0 Å². The molecule has 1 aromatic rings. The number of methoxy groups -OCH3 is 1. The molecule has 0 aliphatic rings. The predicted octanol–water partition coefficient (Wildman–Crippen LogP) is 2.50. The molecule has 0 radical (unpaired) electrons. The number of halogens is 2. The van der Waals surface area contributed by atoms with Crippen LogP contribution in [-0.4, -0.2) is 38.6 Å². The lowest BCUT2D eigenvalue weighted by Crippen LogP contribution is -2.40. The predicted molar refractivity (Wildman–Crippen MR) is 84.0 cm³/mol. The van der Waals surface area contributed by atoms with Crippen LogP contribution >= 0.6 is 23.2 Å². The number of benzene rings is 1. The number of nitrogens with zero attached hydrogens (tertiary/aromatic N) is 1. The van der Waals surface area contributed by atoms with E-state index in [1.54, 1.807) is 25.3 Å². The molecule has 7 heteroatoms. The molecule has 0 saturated heterocycles. The van der Waals surface area contributed by atoms with Gasteiger partial charge < -0.3 is 15.0 Å². The molecule has 0 fully saturated rings. The Morgan fingerprint density at radius 2 is 1.86 bits per heavy atom. The Hall–Kier alpha value is -1.30. The number of nitrogens with one attached hydrogen (secondary N) is 1. The molecule has 0 aliphatic carbocycles. The zero-order chi connectivity index (χ0) is 15.8. The summed E-state index contributed by atoms with van der Waals surface area (Å²) in [5.74, 6) is -0.516. The van der Waals surface area contributed by atoms with Crippen LogP contribution in [0.3, 0.4) is 0 Å². The average Bonchev–Trinajstić information content (AvgIpc) is 2.39. The molecular formula is C14H18Cl2N2O3. The Morgan fingerprint density at radius 3 is 2.38 bits per heavy atom. The first-order valence-corrected chi connectivity index (χ1v) is 7.19. The van der Waals surface area contributed by atoms with E-state index in [1.807, 2.05) is 0 Å². The largest absolute Gasteiger partial charge is 0.385 e. The summed E-state index contributed by atoms with van der Waals surface area (Å²) in [7, 11) is 1.60. The summed E-state index contributed by atoms with van der Waals surface area (Å²) in [5, 5.41) is 3.54. The van der Waals surface area contributed by atoms with E-state index in [0.29, 0.717) is 35.3 Å². The molecule has 1 aromatic carbocycles. The Bertz CT molecular complexity index is 489. The Kier molecular flexibility index (Phi) is 7.50. The van der Waals surface area contributed by atoms with Crippen molar-refractivity contribution in [2.45, 2.75) is 13.3 Å². The minimum atomic E-state index is -0.264. The SMILES string of the molecule is COCCCNC(=O)CN(C(C)=O)c1cc(Cl)cc(Cl)c1. The van der Waals surface area contributed by atoms with Crippen molar-refractivity contribution < 1.29 is 14.3 Å². The third kappa shape index (κ3) is 6.33. The molecule has 116 valence electrons. The lowest BCUT2D eigenvalue weighted by atomic mass is 10.2. The van der Waals surface area contributed by atoms with E-state index in [1.165, 1.54) is 11.8 Å². The molecular weight excluding hydrogens is 315 g/mol. The van der Waals surface area contributed by atoms with Gasteiger partial charge in [0.1, 0.15) is 6.54 Å². The van der Waals surface area contributed by atoms with Crippen LogP contribution in [0.25, 0.3) is 0 Å². The lowest BCUT2D eigenvalue weighted by Gasteiger charge is -2.21. The number of rotatable bonds is 7. The van der Waals surface area contributed by atoms with E-state index in [-0.39, 0.29) is 18.4 Å². The number of hydrogen-bond donors (Lipinski definition) is 1. The second kappa shape index (κ2) is 8.87. The molecule has 1 N–H and O–H groups in total. The number of hydrogen-bond acceptors (Lipinski definition) is 3. The van der Waals surface area contributed by atoms with Crippen LogP contribution in [0.1, 0.15) is 13.3 Å². The highest BCUT2D eigenvalue weighted by Gasteiger charge is 2.16. The normalized spacial score (nSPS) is 10.3. The van der Waals surface area contributed by atoms with Gasteiger partial charge in [-0.25, -0.2) is 0 Å². The zero-order valence-electron chi connectivity index (χ0n) is 12.0. The molecule has 0 atom stereocenters. The Labute approximate surface area is 134 Å². The van der Waals surface area contributed by atoms with E-state index in [4.69, 9.17) is 27.9 Å². The van der Waals surface area contributed by atoms with Gasteiger partial charge in [0.15, 0.2) is 0 Å². The van der Waals surface area contributed by atoms with Crippen molar-refractivity contribution >= 4 is 40.7 Å². The van der Waals surface area contributed by atoms with Gasteiger partial charge in [-0.1, -0.05) is 23.2 Å². The van der Waals surface area contributed by atoms with Gasteiger partial charge in [-0.2, -0.15) is 0 Å². The van der Waals surface area contributed by atoms with E-state index in [2.05, 4.69) is 5.32 Å². The summed E-state index contributed by atoms with van der Waals surface area (Å²) in [6.45, 7) is 2.36. The molecule has 5 nitrogen and oxygen atoms in total. The smallest absolute Gasteiger partial charge is 0.240 e. The average molecular weight is 333 g/mol. The zero-order valence-corrected chi connectivity index (χ0v) is 13.5. The van der Waals surface area contributed by atoms with Crippen molar-refractivity contribution in [3.05, 3.63) is 28.2 Å². The first-order valence-electron chi connectivity index (χ1n) is 6.44. The quantitative estimate of drug-likeness (QED) is 0.780. The van der Waals surface area contributed by atoms with Crippen LogP contribution in [0.4, 0.5) is 5.69 Å². The van der Waals surface area contributed by atoms with Gasteiger partial charge in [0.25, 0.3) is 0 Å². The fourth-order valence-electron chi connectivity index (χ4n) is 1.72. The van der Waals surface area contributed by atoms with Gasteiger partial charge in [0.05, 0.1) is 0 Å². The summed E-state index contributed by atoms with van der Waals surface area (Å²) in [6.07, 6.45) is 0.714. The van der Waals surface area contributed by atoms with Crippen molar-refractivity contribution in [2.24, 2.45) is 0 Å². The minimum Gasteiger partial charge on any atom is -0.385 e. The lowest BCUT2D eigenvalue weighted by molar-refractivity contribution is -0.123. The maximum absolute atomic E-state index is 11.9. The Morgan fingerprint density at radius 1 is 1.24 bits per heavy atom. The highest BCUT2D eigenvalue weighted by atomic mass is 35.5. The molecule has 1 rings (SSSR count). The van der Waals surface area contributed by atoms with Crippen LogP contribution in [0.5, 0.6) is 0 Å². The summed E-state index contributed by atoms with van der Waals surface area (Å²) in [5.41, 5.74) is 0.493. The van der Waals surface area contributed by atoms with Gasteiger partial charge in [0.2, 0.25) is 11.8 Å². The van der Waals surface area contributed by atoms with E-state index in [9.17, 15) is 9.59 Å². The second-order valence-electron chi connectivity index (χ2n) is 4.43. The minimum absolute atomic E-state index is 0.0843. The van der Waals surface area contributed by atoms with Crippen LogP contribution in [-0.2, 0) is 14.3 Å². The van der Waals surface area contributed by atoms with Crippen molar-refractivity contribution in [1.82, 2.24) is 5.32 Å². The highest BCUT2D eigenvalue weighted by Crippen LogP contribution is 2.25. The molecule has 0 saturated carbocycles. The number of carbonyl (C=O) groups is 2. The molecule has 2 amide bonds. The molecule has 0 aromatic heterocycles. The van der Waals surface area contributed by atoms with Gasteiger partial charge in [0, 0.05) is 42.9 Å². The standard InChI is InChI=1S/C14H18Cl2N2O3/c1-10(19)18(9-14(20)17-4-3-5-21-2)13-7-11(15)6-12(16)8-13/h6-8H,3-5,9H2,1-2H3,(H,17,20). The van der Waals surface area contributed by atoms with Gasteiger partial charge in [-0.3, -0.25) is 9.59 Å². The number of anilines is 1. The van der Waals surface area contributed by atoms with E-state index >= 15 is 0 Å². The number of amides is 2. The van der Waals surface area contributed by atoms with Crippen molar-refractivity contribution in [3.8, 4) is 0 Å². The molecule has 0 spiro atoms. The van der Waals surface area contributed by atoms with E-state index < -0.39 is 0 Å². The summed E-state index contributed by atoms with van der Waals surface area (Å²) in [4.78, 5) is 24.9. The van der Waals surface area contributed by atoms with Crippen molar-refractivity contribution in [3.63, 3.8) is 0 Å². The van der Waals surface area contributed by atoms with Crippen LogP contribution in [0, 0.1) is 0 Å². The first kappa shape index (κ1) is 17.8. The number of carbonyl (C=O) groups excluding carboxylic acids is 2. The monoisotopic (exact) mass is 332 g/mol. The van der Waals surface area contributed by atoms with E-state index in [0.717, 1.165) is 0 Å². The van der Waals surface area contributed by atoms with Crippen LogP contribution < -0.4 is 10.2 Å². The molecule has 0 aliphatic heterocycles. The van der Waals surface area contributed by atoms with Crippen LogP contribution in [0.2, 0.25) is 10.0 Å². The topological polar surface area (TPSA) is 58.6 Å². The molecule has 0 unspecified atom stereocenters. The summed E-state index contributed by atoms with van der Waals surface area (Å²) < 4.78 is 4.89. The molecule has 21 heavy (non-hydrogen) atoms. The first-order chi connectivity index (χ1) is 9.93. The third-order valence-electron chi connectivity index (χ3n) is 2.69. The molecule has 0 heterocycles. The molecule has 0 bridgehead atoms. The van der Waals surface area contributed by atoms with Crippen molar-refractivity contribution in [2.75, 3.05) is 31.7 Å². The van der Waals surface area contributed by atoms with Crippen LogP contribution in [0.15, 0.2) is 18.2 Å². The fourth-order valence-corrected chi connectivity index (χ4v) is 2.24. The second-order valence-corrected chi connectivity index (χ2v) is 5.30. The fraction of sp³-hybridized carbons (Fsp3) is 0.429. The maximum Gasteiger partial charge on any atom is 0.240 e. The highest BCUT2D eigenvalue weighted by molar-refractivity contribution is 6.35. The van der Waals surface area contributed by atoms with Gasteiger partial charge in [-0.15, -0.1) is 0 Å². The van der Waals surface area contributed by atoms with Gasteiger partial charge >= 0.3 is 0 Å². The summed E-state index contributed by atoms with van der Waals surface area (Å²) >= 11 is 11.8. The third-order valence-corrected chi connectivity index (χ3v) is 3.12. The van der Waals surface area contributed by atoms with Gasteiger partial charge in [-0.05, 0) is 24.6 Å². The summed E-state index contributed by atoms with van der Waals surface area (Å²) in [6, 6.07) is 4.75. The Balaban J connectivity index is 2.69. The maximum atomic E-state index is 11.9. The number of ether oxygens (including phenoxy) is 1.